The van der Waals surface area contributed by atoms with Gasteiger partial charge in [-0.3, -0.25) is 14.4 Å². The molecule has 1 aliphatic rings. The monoisotopic (exact) mass is 444 g/mol. The van der Waals surface area contributed by atoms with Gasteiger partial charge in [0.15, 0.2) is 5.78 Å². The first-order valence-electron chi connectivity index (χ1n) is 11.1. The lowest BCUT2D eigenvalue weighted by atomic mass is 9.75. The Morgan fingerprint density at radius 1 is 0.939 bits per heavy atom. The summed E-state index contributed by atoms with van der Waals surface area (Å²) in [6, 6.07) is 19.2. The average Bonchev–Trinajstić information content (AvgIpc) is 2.78. The van der Waals surface area contributed by atoms with E-state index in [-0.39, 0.29) is 23.3 Å². The molecule has 4 rings (SSSR count). The minimum absolute atomic E-state index is 0.0345. The summed E-state index contributed by atoms with van der Waals surface area (Å²) in [4.78, 5) is 40.3. The molecule has 0 saturated carbocycles. The Bertz CT molecular complexity index is 1210. The molecule has 1 heterocycles. The summed E-state index contributed by atoms with van der Waals surface area (Å²) in [7, 11) is 0. The van der Waals surface area contributed by atoms with Crippen molar-refractivity contribution >= 4 is 11.7 Å². The fourth-order valence-corrected chi connectivity index (χ4v) is 4.09. The number of ketones is 1. The first-order valence-corrected chi connectivity index (χ1v) is 11.1. The molecule has 6 heteroatoms. The van der Waals surface area contributed by atoms with Crippen LogP contribution in [0.3, 0.4) is 0 Å². The first kappa shape index (κ1) is 22.7. The molecule has 0 fully saturated rings. The van der Waals surface area contributed by atoms with Crippen LogP contribution in [-0.4, -0.2) is 16.7 Å². The van der Waals surface area contributed by atoms with Gasteiger partial charge >= 0.3 is 0 Å². The van der Waals surface area contributed by atoms with E-state index in [1.54, 1.807) is 0 Å². The maximum Gasteiger partial charge on any atom is 0.261 e. The van der Waals surface area contributed by atoms with E-state index in [1.165, 1.54) is 6.07 Å². The summed E-state index contributed by atoms with van der Waals surface area (Å²) in [6.45, 7) is 5.31. The van der Waals surface area contributed by atoms with Gasteiger partial charge in [-0.05, 0) is 34.6 Å². The quantitative estimate of drug-likeness (QED) is 0.572. The van der Waals surface area contributed by atoms with Crippen molar-refractivity contribution in [3.8, 4) is 0 Å². The molecule has 0 aliphatic heterocycles. The van der Waals surface area contributed by atoms with Gasteiger partial charge in [0.25, 0.3) is 11.5 Å². The first-order chi connectivity index (χ1) is 15.8. The van der Waals surface area contributed by atoms with Gasteiger partial charge in [-0.15, -0.1) is 0 Å². The van der Waals surface area contributed by atoms with E-state index in [2.05, 4.69) is 10.3 Å². The van der Waals surface area contributed by atoms with E-state index < -0.39 is 11.5 Å². The van der Waals surface area contributed by atoms with Gasteiger partial charge in [0.1, 0.15) is 5.56 Å². The van der Waals surface area contributed by atoms with Crippen molar-refractivity contribution in [3.63, 3.8) is 0 Å². The van der Waals surface area contributed by atoms with E-state index in [9.17, 15) is 14.4 Å². The maximum absolute atomic E-state index is 12.6. The van der Waals surface area contributed by atoms with Gasteiger partial charge in [0, 0.05) is 24.2 Å². The minimum Gasteiger partial charge on any atom is -0.372 e. The number of benzene rings is 2. The summed E-state index contributed by atoms with van der Waals surface area (Å²) in [5, 5.41) is 2.78. The fraction of sp³-hybridized carbons (Fsp3) is 0.296. The molecule has 0 spiro atoms. The number of aromatic amines is 1. The van der Waals surface area contributed by atoms with E-state index in [1.807, 2.05) is 68.4 Å². The molecule has 0 radical (unpaired) electrons. The van der Waals surface area contributed by atoms with Crippen molar-refractivity contribution in [1.82, 2.24) is 10.3 Å². The lowest BCUT2D eigenvalue weighted by Gasteiger charge is -2.29. The Morgan fingerprint density at radius 2 is 1.58 bits per heavy atom. The van der Waals surface area contributed by atoms with Crippen LogP contribution in [0.25, 0.3) is 0 Å². The zero-order valence-electron chi connectivity index (χ0n) is 18.9. The zero-order valence-corrected chi connectivity index (χ0v) is 18.9. The number of hydrogen-bond donors (Lipinski definition) is 2. The van der Waals surface area contributed by atoms with Crippen LogP contribution in [0.4, 0.5) is 0 Å². The molecule has 0 atom stereocenters. The summed E-state index contributed by atoms with van der Waals surface area (Å²) in [5.74, 6) is -0.538. The second-order valence-corrected chi connectivity index (χ2v) is 9.32. The van der Waals surface area contributed by atoms with E-state index in [0.717, 1.165) is 16.7 Å². The number of amides is 1. The molecule has 0 bridgehead atoms. The Balaban J connectivity index is 1.34. The normalized spacial score (nSPS) is 14.5. The Hall–Kier alpha value is -3.51. The number of carbonyl (C=O) groups excluding carboxylic acids is 2. The van der Waals surface area contributed by atoms with Crippen LogP contribution in [0.2, 0.25) is 0 Å². The average molecular weight is 445 g/mol. The van der Waals surface area contributed by atoms with Gasteiger partial charge in [-0.25, -0.2) is 0 Å². The third kappa shape index (κ3) is 5.65. The van der Waals surface area contributed by atoms with Crippen LogP contribution in [0.15, 0.2) is 65.5 Å². The number of rotatable bonds is 7. The van der Waals surface area contributed by atoms with Crippen molar-refractivity contribution < 1.29 is 14.3 Å². The number of carbonyl (C=O) groups is 2. The Labute approximate surface area is 193 Å². The van der Waals surface area contributed by atoms with Gasteiger partial charge < -0.3 is 15.0 Å². The second kappa shape index (κ2) is 9.55. The molecule has 3 aromatic rings. The number of hydrogen-bond acceptors (Lipinski definition) is 4. The van der Waals surface area contributed by atoms with E-state index >= 15 is 0 Å². The Morgan fingerprint density at radius 3 is 2.27 bits per heavy atom. The third-order valence-corrected chi connectivity index (χ3v) is 5.82. The predicted molar refractivity (Wildman–Crippen MR) is 126 cm³/mol. The number of fused-ring (bicyclic) bond motifs is 1. The van der Waals surface area contributed by atoms with E-state index in [0.29, 0.717) is 37.3 Å². The highest BCUT2D eigenvalue weighted by Gasteiger charge is 2.32. The number of nitrogens with one attached hydrogen (secondary N) is 2. The molecule has 1 amide bonds. The summed E-state index contributed by atoms with van der Waals surface area (Å²) >= 11 is 0. The fourth-order valence-electron chi connectivity index (χ4n) is 4.09. The molecule has 0 saturated heterocycles. The highest BCUT2D eigenvalue weighted by atomic mass is 16.5. The largest absolute Gasteiger partial charge is 0.372 e. The number of aromatic nitrogens is 1. The van der Waals surface area contributed by atoms with Crippen LogP contribution >= 0.6 is 0 Å². The summed E-state index contributed by atoms with van der Waals surface area (Å²) in [5.41, 5.74) is 3.42. The maximum atomic E-state index is 12.6. The van der Waals surface area contributed by atoms with Gasteiger partial charge in [0.2, 0.25) is 0 Å². The number of Topliss-reactive ketones (excluding diaryl/α,β-unsaturated/α-hetero) is 1. The lowest BCUT2D eigenvalue weighted by molar-refractivity contribution is 0.0910. The van der Waals surface area contributed by atoms with Crippen LogP contribution in [0, 0.1) is 5.41 Å². The van der Waals surface area contributed by atoms with Crippen molar-refractivity contribution in [1.29, 1.82) is 0 Å². The van der Waals surface area contributed by atoms with E-state index in [4.69, 9.17) is 4.74 Å². The third-order valence-electron chi connectivity index (χ3n) is 5.82. The standard InChI is InChI=1S/C27H28N2O4/c1-27(2)13-23-21(24(30)14-27)12-22(26(32)29-23)25(31)28-15-18-8-10-20(11-9-18)17-33-16-19-6-4-3-5-7-19/h3-12H,13-17H2,1-2H3,(H,28,31)(H,29,32). The van der Waals surface area contributed by atoms with Crippen LogP contribution in [-0.2, 0) is 30.9 Å². The highest BCUT2D eigenvalue weighted by Crippen LogP contribution is 2.33. The number of H-pyrrole nitrogens is 1. The number of ether oxygens (including phenoxy) is 1. The molecule has 6 nitrogen and oxygen atoms in total. The molecule has 2 aromatic carbocycles. The van der Waals surface area contributed by atoms with Gasteiger partial charge in [-0.1, -0.05) is 68.4 Å². The van der Waals surface area contributed by atoms with Crippen molar-refractivity contribution in [2.24, 2.45) is 5.41 Å². The highest BCUT2D eigenvalue weighted by molar-refractivity contribution is 6.02. The lowest BCUT2D eigenvalue weighted by Crippen LogP contribution is -2.34. The Kier molecular flexibility index (Phi) is 6.56. The molecule has 33 heavy (non-hydrogen) atoms. The van der Waals surface area contributed by atoms with Gasteiger partial charge in [-0.2, -0.15) is 0 Å². The second-order valence-electron chi connectivity index (χ2n) is 9.32. The van der Waals surface area contributed by atoms with Crippen LogP contribution in [0.1, 0.15) is 63.4 Å². The SMILES string of the molecule is CC1(C)CC(=O)c2cc(C(=O)NCc3ccc(COCc4ccccc4)cc3)c(=O)[nH]c2C1. The van der Waals surface area contributed by atoms with Crippen molar-refractivity contribution in [3.05, 3.63) is 105 Å². The molecular weight excluding hydrogens is 416 g/mol. The van der Waals surface area contributed by atoms with Crippen molar-refractivity contribution in [2.45, 2.75) is 46.4 Å². The van der Waals surface area contributed by atoms with Crippen LogP contribution in [0.5, 0.6) is 0 Å². The smallest absolute Gasteiger partial charge is 0.261 e. The summed E-state index contributed by atoms with van der Waals surface area (Å²) in [6.07, 6.45) is 1.00. The topological polar surface area (TPSA) is 88.3 Å². The van der Waals surface area contributed by atoms with Crippen LogP contribution < -0.4 is 10.9 Å². The molecular formula is C27H28N2O4. The molecule has 1 aliphatic carbocycles. The van der Waals surface area contributed by atoms with Gasteiger partial charge in [0.05, 0.1) is 13.2 Å². The summed E-state index contributed by atoms with van der Waals surface area (Å²) < 4.78 is 5.75. The van der Waals surface area contributed by atoms with Crippen molar-refractivity contribution in [2.75, 3.05) is 0 Å². The molecule has 0 unspecified atom stereocenters. The molecule has 170 valence electrons. The molecule has 2 N–H and O–H groups in total. The predicted octanol–water partition coefficient (Wildman–Crippen LogP) is 4.18. The molecule has 1 aromatic heterocycles. The number of pyridine rings is 1. The minimum atomic E-state index is -0.494. The zero-order chi connectivity index (χ0) is 23.4.